The second-order valence-electron chi connectivity index (χ2n) is 12.1. The standard InChI is InChI=1S/C31H39FN4O6/c1-17-20-9-7-12-41-27(20)22(32)14-21(17)26-25(28(30(38)39)42-31(3,4)5)18(2)34-24-15-23(35-36(24)26)29(37)33-11-6-8-19-10-13-40-16-19/h14-15,19,28H,6-13,16H2,1-5H3,(H,33,37)(H,38,39)/t19?,28-/m0/s1. The van der Waals surface area contributed by atoms with Gasteiger partial charge in [0.25, 0.3) is 5.91 Å². The van der Waals surface area contributed by atoms with Crippen LogP contribution in [0.5, 0.6) is 5.75 Å². The van der Waals surface area contributed by atoms with Crippen LogP contribution >= 0.6 is 0 Å². The molecule has 4 heterocycles. The van der Waals surface area contributed by atoms with Crippen LogP contribution in [-0.2, 0) is 20.7 Å². The maximum atomic E-state index is 15.5. The maximum Gasteiger partial charge on any atom is 0.337 e. The molecule has 0 saturated carbocycles. The Morgan fingerprint density at radius 2 is 2.05 bits per heavy atom. The van der Waals surface area contributed by atoms with E-state index < -0.39 is 23.5 Å². The molecular formula is C31H39FN4O6. The number of aliphatic carboxylic acids is 1. The Kier molecular flexibility index (Phi) is 8.52. The van der Waals surface area contributed by atoms with Crippen molar-refractivity contribution in [1.82, 2.24) is 19.9 Å². The summed E-state index contributed by atoms with van der Waals surface area (Å²) in [5.41, 5.74) is 2.53. The summed E-state index contributed by atoms with van der Waals surface area (Å²) in [7, 11) is 0. The molecule has 226 valence electrons. The number of hydrogen-bond acceptors (Lipinski definition) is 7. The lowest BCUT2D eigenvalue weighted by Gasteiger charge is -2.28. The SMILES string of the molecule is Cc1nc2cc(C(=O)NCCCC3CCOC3)nn2c(-c2cc(F)c3c(c2C)CCCO3)c1[C@H](OC(C)(C)C)C(=O)O. The fourth-order valence-corrected chi connectivity index (χ4v) is 5.80. The van der Waals surface area contributed by atoms with Gasteiger partial charge in [0, 0.05) is 48.2 Å². The zero-order chi connectivity index (χ0) is 30.2. The molecule has 2 atom stereocenters. The zero-order valence-electron chi connectivity index (χ0n) is 24.9. The van der Waals surface area contributed by atoms with Gasteiger partial charge in [-0.3, -0.25) is 4.79 Å². The Morgan fingerprint density at radius 1 is 1.26 bits per heavy atom. The molecule has 2 N–H and O–H groups in total. The third-order valence-electron chi connectivity index (χ3n) is 7.81. The Balaban J connectivity index is 1.61. The van der Waals surface area contributed by atoms with Gasteiger partial charge < -0.3 is 24.6 Å². The van der Waals surface area contributed by atoms with Crippen molar-refractivity contribution in [2.45, 2.75) is 78.4 Å². The van der Waals surface area contributed by atoms with Crippen LogP contribution in [0, 0.1) is 25.6 Å². The molecule has 1 saturated heterocycles. The number of aromatic nitrogens is 3. The summed E-state index contributed by atoms with van der Waals surface area (Å²) < 4.78 is 34.0. The average Bonchev–Trinajstić information content (AvgIpc) is 3.61. The second-order valence-corrected chi connectivity index (χ2v) is 12.1. The predicted octanol–water partition coefficient (Wildman–Crippen LogP) is 4.96. The minimum absolute atomic E-state index is 0.132. The highest BCUT2D eigenvalue weighted by molar-refractivity contribution is 5.93. The van der Waals surface area contributed by atoms with E-state index in [1.54, 1.807) is 33.8 Å². The highest BCUT2D eigenvalue weighted by atomic mass is 19.1. The molecule has 10 nitrogen and oxygen atoms in total. The summed E-state index contributed by atoms with van der Waals surface area (Å²) in [4.78, 5) is 30.4. The van der Waals surface area contributed by atoms with Gasteiger partial charge in [-0.25, -0.2) is 18.7 Å². The van der Waals surface area contributed by atoms with E-state index in [0.29, 0.717) is 48.1 Å². The van der Waals surface area contributed by atoms with E-state index in [-0.39, 0.29) is 22.9 Å². The molecule has 5 rings (SSSR count). The van der Waals surface area contributed by atoms with Crippen molar-refractivity contribution in [3.05, 3.63) is 46.0 Å². The van der Waals surface area contributed by atoms with Crippen LogP contribution in [0.25, 0.3) is 16.9 Å². The summed E-state index contributed by atoms with van der Waals surface area (Å²) in [5.74, 6) is -1.38. The molecule has 1 amide bonds. The van der Waals surface area contributed by atoms with Crippen LogP contribution in [0.2, 0.25) is 0 Å². The largest absolute Gasteiger partial charge is 0.490 e. The van der Waals surface area contributed by atoms with Gasteiger partial charge in [-0.15, -0.1) is 0 Å². The number of carbonyl (C=O) groups is 2. The number of carboxylic acid groups (broad SMARTS) is 1. The van der Waals surface area contributed by atoms with Gasteiger partial charge in [-0.05, 0) is 84.3 Å². The summed E-state index contributed by atoms with van der Waals surface area (Å²) in [6.45, 7) is 11.3. The van der Waals surface area contributed by atoms with Crippen LogP contribution in [0.4, 0.5) is 4.39 Å². The Hall–Kier alpha value is -3.57. The van der Waals surface area contributed by atoms with Crippen molar-refractivity contribution in [3.63, 3.8) is 0 Å². The molecule has 1 aromatic carbocycles. The molecule has 0 aliphatic carbocycles. The highest BCUT2D eigenvalue weighted by Gasteiger charge is 2.35. The summed E-state index contributed by atoms with van der Waals surface area (Å²) in [6, 6.07) is 2.91. The summed E-state index contributed by atoms with van der Waals surface area (Å²) in [6.07, 6.45) is 2.76. The monoisotopic (exact) mass is 582 g/mol. The first kappa shape index (κ1) is 29.9. The number of aryl methyl sites for hydroxylation is 1. The topological polar surface area (TPSA) is 124 Å². The number of rotatable bonds is 9. The van der Waals surface area contributed by atoms with Gasteiger partial charge in [0.1, 0.15) is 0 Å². The molecule has 3 aromatic rings. The number of carboxylic acids is 1. The summed E-state index contributed by atoms with van der Waals surface area (Å²) in [5, 5.41) is 17.8. The number of fused-ring (bicyclic) bond motifs is 2. The van der Waals surface area contributed by atoms with Gasteiger partial charge in [-0.1, -0.05) is 0 Å². The molecular weight excluding hydrogens is 543 g/mol. The molecule has 2 aromatic heterocycles. The number of hydrogen-bond donors (Lipinski definition) is 2. The second kappa shape index (κ2) is 12.0. The Bertz CT molecular complexity index is 1510. The lowest BCUT2D eigenvalue weighted by atomic mass is 9.91. The number of carbonyl (C=O) groups excluding carboxylic acids is 1. The van der Waals surface area contributed by atoms with Crippen molar-refractivity contribution >= 4 is 17.5 Å². The Morgan fingerprint density at radius 3 is 2.74 bits per heavy atom. The van der Waals surface area contributed by atoms with Crippen molar-refractivity contribution < 1.29 is 33.3 Å². The molecule has 0 radical (unpaired) electrons. The number of ether oxygens (including phenoxy) is 3. The van der Waals surface area contributed by atoms with Crippen LogP contribution < -0.4 is 10.1 Å². The van der Waals surface area contributed by atoms with Crippen LogP contribution in [-0.4, -0.2) is 63.5 Å². The van der Waals surface area contributed by atoms with E-state index in [1.807, 2.05) is 6.92 Å². The van der Waals surface area contributed by atoms with Crippen molar-refractivity contribution in [2.75, 3.05) is 26.4 Å². The zero-order valence-corrected chi connectivity index (χ0v) is 24.9. The predicted molar refractivity (Wildman–Crippen MR) is 153 cm³/mol. The lowest BCUT2D eigenvalue weighted by Crippen LogP contribution is -2.29. The molecule has 0 bridgehead atoms. The number of halogens is 1. The van der Waals surface area contributed by atoms with Gasteiger partial charge in [0.15, 0.2) is 29.0 Å². The van der Waals surface area contributed by atoms with E-state index in [4.69, 9.17) is 14.2 Å². The molecule has 0 spiro atoms. The van der Waals surface area contributed by atoms with Gasteiger partial charge >= 0.3 is 5.97 Å². The molecule has 2 aliphatic rings. The minimum atomic E-state index is -1.42. The normalized spacial score (nSPS) is 17.6. The van der Waals surface area contributed by atoms with E-state index >= 15 is 4.39 Å². The first-order valence-electron chi connectivity index (χ1n) is 14.6. The van der Waals surface area contributed by atoms with E-state index in [1.165, 1.54) is 10.6 Å². The first-order valence-corrected chi connectivity index (χ1v) is 14.6. The summed E-state index contributed by atoms with van der Waals surface area (Å²) >= 11 is 0. The van der Waals surface area contributed by atoms with Gasteiger partial charge in [0.05, 0.1) is 17.9 Å². The average molecular weight is 583 g/mol. The Labute approximate surface area is 244 Å². The maximum absolute atomic E-state index is 15.5. The van der Waals surface area contributed by atoms with E-state index in [9.17, 15) is 14.7 Å². The third-order valence-corrected chi connectivity index (χ3v) is 7.81. The first-order chi connectivity index (χ1) is 19.9. The third kappa shape index (κ3) is 6.12. The van der Waals surface area contributed by atoms with Crippen molar-refractivity contribution in [2.24, 2.45) is 5.92 Å². The number of benzene rings is 1. The van der Waals surface area contributed by atoms with E-state index in [0.717, 1.165) is 50.0 Å². The highest BCUT2D eigenvalue weighted by Crippen LogP contribution is 2.41. The molecule has 11 heteroatoms. The quantitative estimate of drug-likeness (QED) is 0.339. The smallest absolute Gasteiger partial charge is 0.337 e. The molecule has 2 aliphatic heterocycles. The molecule has 42 heavy (non-hydrogen) atoms. The fourth-order valence-electron chi connectivity index (χ4n) is 5.80. The van der Waals surface area contributed by atoms with Gasteiger partial charge in [0.2, 0.25) is 0 Å². The number of amides is 1. The molecule has 1 fully saturated rings. The fraction of sp³-hybridized carbons (Fsp3) is 0.548. The van der Waals surface area contributed by atoms with E-state index in [2.05, 4.69) is 15.4 Å². The van der Waals surface area contributed by atoms with Crippen molar-refractivity contribution in [1.29, 1.82) is 0 Å². The van der Waals surface area contributed by atoms with Crippen LogP contribution in [0.15, 0.2) is 12.1 Å². The van der Waals surface area contributed by atoms with Crippen LogP contribution in [0.1, 0.15) is 85.4 Å². The lowest BCUT2D eigenvalue weighted by molar-refractivity contribution is -0.160. The number of nitrogens with one attached hydrogen (secondary N) is 1. The van der Waals surface area contributed by atoms with Crippen molar-refractivity contribution in [3.8, 4) is 17.0 Å². The number of nitrogens with zero attached hydrogens (tertiary/aromatic N) is 3. The minimum Gasteiger partial charge on any atom is -0.490 e. The molecule has 1 unspecified atom stereocenters. The van der Waals surface area contributed by atoms with Crippen LogP contribution in [0.3, 0.4) is 0 Å². The van der Waals surface area contributed by atoms with Gasteiger partial charge in [-0.2, -0.15) is 5.10 Å².